The summed E-state index contributed by atoms with van der Waals surface area (Å²) in [6.07, 6.45) is 4.16. The minimum Gasteiger partial charge on any atom is -0.261 e. The molecule has 1 aromatic rings. The molecular weight excluding hydrogens is 272 g/mol. The van der Waals surface area contributed by atoms with Crippen molar-refractivity contribution in [3.8, 4) is 0 Å². The van der Waals surface area contributed by atoms with E-state index < -0.39 is 10.2 Å². The van der Waals surface area contributed by atoms with Crippen LogP contribution in [0.15, 0.2) is 54.6 Å². The summed E-state index contributed by atoms with van der Waals surface area (Å²) in [5, 5.41) is 0. The molecule has 0 aliphatic heterocycles. The summed E-state index contributed by atoms with van der Waals surface area (Å²) in [7, 11) is -2.04. The summed E-state index contributed by atoms with van der Waals surface area (Å²) in [6, 6.07) is 8.75. The first kappa shape index (κ1) is 16.5. The summed E-state index contributed by atoms with van der Waals surface area (Å²) in [5.41, 5.74) is 1.56. The lowest BCUT2D eigenvalue weighted by Crippen LogP contribution is -2.44. The molecule has 0 bridgehead atoms. The molecule has 1 rings (SSSR count). The Bertz CT molecular complexity index is 565. The van der Waals surface area contributed by atoms with Crippen LogP contribution in [0.4, 0.5) is 5.69 Å². The molecule has 0 amide bonds. The van der Waals surface area contributed by atoms with Crippen LogP contribution in [-0.4, -0.2) is 21.5 Å². The molecule has 5 heteroatoms. The molecule has 0 saturated carbocycles. The summed E-state index contributed by atoms with van der Waals surface area (Å²) < 4.78 is 28.7. The molecule has 20 heavy (non-hydrogen) atoms. The van der Waals surface area contributed by atoms with E-state index in [1.165, 1.54) is 11.4 Å². The number of nitrogens with zero attached hydrogens (tertiary/aromatic N) is 1. The standard InChI is InChI=1S/C15H22N2O2S/c1-5-10-13(3)15(6-2)16-20(18,19)17(4)14-11-8-7-9-12-14/h5,7-12,15-16H,1,6H2,2-4H3/b13-10+. The van der Waals surface area contributed by atoms with Crippen molar-refractivity contribution in [2.45, 2.75) is 26.3 Å². The van der Waals surface area contributed by atoms with Gasteiger partial charge in [0.05, 0.1) is 5.69 Å². The lowest BCUT2D eigenvalue weighted by molar-refractivity contribution is 0.560. The van der Waals surface area contributed by atoms with Gasteiger partial charge in [0.2, 0.25) is 0 Å². The number of allylic oxidation sites excluding steroid dienone is 2. The highest BCUT2D eigenvalue weighted by atomic mass is 32.2. The minimum absolute atomic E-state index is 0.232. The van der Waals surface area contributed by atoms with Crippen LogP contribution in [0.1, 0.15) is 20.3 Å². The van der Waals surface area contributed by atoms with Crippen LogP contribution in [0.25, 0.3) is 0 Å². The Hall–Kier alpha value is -1.59. The highest BCUT2D eigenvalue weighted by molar-refractivity contribution is 7.90. The van der Waals surface area contributed by atoms with E-state index in [0.29, 0.717) is 12.1 Å². The lowest BCUT2D eigenvalue weighted by Gasteiger charge is -2.24. The molecule has 0 aliphatic rings. The van der Waals surface area contributed by atoms with Crippen LogP contribution in [-0.2, 0) is 10.2 Å². The van der Waals surface area contributed by atoms with Crippen molar-refractivity contribution in [1.29, 1.82) is 0 Å². The third kappa shape index (κ3) is 4.21. The molecule has 0 saturated heterocycles. The van der Waals surface area contributed by atoms with Gasteiger partial charge in [0.1, 0.15) is 0 Å². The highest BCUT2D eigenvalue weighted by Gasteiger charge is 2.22. The average Bonchev–Trinajstić information content (AvgIpc) is 2.45. The third-order valence-corrected chi connectivity index (χ3v) is 4.62. The molecule has 0 fully saturated rings. The van der Waals surface area contributed by atoms with E-state index >= 15 is 0 Å². The van der Waals surface area contributed by atoms with Gasteiger partial charge in [-0.15, -0.1) is 0 Å². The number of rotatable bonds is 7. The van der Waals surface area contributed by atoms with Gasteiger partial charge in [-0.05, 0) is 25.5 Å². The quantitative estimate of drug-likeness (QED) is 0.786. The van der Waals surface area contributed by atoms with Crippen molar-refractivity contribution in [3.63, 3.8) is 0 Å². The fraction of sp³-hybridized carbons (Fsp3) is 0.333. The molecule has 0 radical (unpaired) electrons. The van der Waals surface area contributed by atoms with Gasteiger partial charge in [0, 0.05) is 13.1 Å². The largest absolute Gasteiger partial charge is 0.301 e. The number of hydrogen-bond acceptors (Lipinski definition) is 2. The van der Waals surface area contributed by atoms with Crippen LogP contribution >= 0.6 is 0 Å². The predicted octanol–water partition coefficient (Wildman–Crippen LogP) is 2.87. The first-order chi connectivity index (χ1) is 9.42. The number of para-hydroxylation sites is 1. The lowest BCUT2D eigenvalue weighted by atomic mass is 10.1. The predicted molar refractivity (Wildman–Crippen MR) is 84.9 cm³/mol. The maximum atomic E-state index is 12.4. The van der Waals surface area contributed by atoms with Crippen LogP contribution in [0.5, 0.6) is 0 Å². The Balaban J connectivity index is 2.94. The van der Waals surface area contributed by atoms with Gasteiger partial charge in [0.25, 0.3) is 0 Å². The van der Waals surface area contributed by atoms with Crippen molar-refractivity contribution in [2.24, 2.45) is 0 Å². The zero-order chi connectivity index (χ0) is 15.2. The minimum atomic E-state index is -3.58. The maximum Gasteiger partial charge on any atom is 0.301 e. The molecule has 110 valence electrons. The highest BCUT2D eigenvalue weighted by Crippen LogP contribution is 2.16. The molecule has 1 atom stereocenters. The van der Waals surface area contributed by atoms with Gasteiger partial charge < -0.3 is 0 Å². The van der Waals surface area contributed by atoms with E-state index in [4.69, 9.17) is 0 Å². The Morgan fingerprint density at radius 1 is 1.40 bits per heavy atom. The summed E-state index contributed by atoms with van der Waals surface area (Å²) in [4.78, 5) is 0. The second kappa shape index (κ2) is 7.26. The van der Waals surface area contributed by atoms with Crippen LogP contribution < -0.4 is 9.03 Å². The fourth-order valence-electron chi connectivity index (χ4n) is 1.84. The molecule has 0 aliphatic carbocycles. The van der Waals surface area contributed by atoms with Gasteiger partial charge in [0.15, 0.2) is 0 Å². The Morgan fingerprint density at radius 3 is 2.50 bits per heavy atom. The van der Waals surface area contributed by atoms with Crippen molar-refractivity contribution in [3.05, 3.63) is 54.6 Å². The summed E-state index contributed by atoms with van der Waals surface area (Å²) >= 11 is 0. The van der Waals surface area contributed by atoms with E-state index in [1.54, 1.807) is 18.2 Å². The molecule has 0 spiro atoms. The second-order valence-corrected chi connectivity index (χ2v) is 6.27. The second-order valence-electron chi connectivity index (χ2n) is 4.53. The van der Waals surface area contributed by atoms with Crippen molar-refractivity contribution in [2.75, 3.05) is 11.4 Å². The van der Waals surface area contributed by atoms with E-state index in [1.807, 2.05) is 38.1 Å². The first-order valence-corrected chi connectivity index (χ1v) is 7.96. The Kier molecular flexibility index (Phi) is 5.98. The fourth-order valence-corrected chi connectivity index (χ4v) is 3.11. The Labute approximate surface area is 122 Å². The number of nitrogens with one attached hydrogen (secondary N) is 1. The van der Waals surface area contributed by atoms with E-state index in [2.05, 4.69) is 11.3 Å². The van der Waals surface area contributed by atoms with E-state index in [0.717, 1.165) is 5.57 Å². The van der Waals surface area contributed by atoms with Gasteiger partial charge in [-0.1, -0.05) is 49.4 Å². The van der Waals surface area contributed by atoms with E-state index in [-0.39, 0.29) is 6.04 Å². The molecule has 1 aromatic carbocycles. The zero-order valence-corrected chi connectivity index (χ0v) is 13.0. The SMILES string of the molecule is C=C/C=C(\C)C(CC)NS(=O)(=O)N(C)c1ccccc1. The van der Waals surface area contributed by atoms with Crippen LogP contribution in [0.2, 0.25) is 0 Å². The van der Waals surface area contributed by atoms with E-state index in [9.17, 15) is 8.42 Å². The summed E-state index contributed by atoms with van der Waals surface area (Å²) in [5.74, 6) is 0. The molecule has 0 aromatic heterocycles. The molecule has 0 heterocycles. The summed E-state index contributed by atoms with van der Waals surface area (Å²) in [6.45, 7) is 7.46. The molecular formula is C15H22N2O2S. The van der Waals surface area contributed by atoms with Crippen LogP contribution in [0, 0.1) is 0 Å². The average molecular weight is 294 g/mol. The number of anilines is 1. The smallest absolute Gasteiger partial charge is 0.261 e. The molecule has 1 unspecified atom stereocenters. The number of hydrogen-bond donors (Lipinski definition) is 1. The third-order valence-electron chi connectivity index (χ3n) is 3.11. The van der Waals surface area contributed by atoms with Crippen molar-refractivity contribution >= 4 is 15.9 Å². The molecule has 1 N–H and O–H groups in total. The van der Waals surface area contributed by atoms with Gasteiger partial charge in [-0.3, -0.25) is 4.31 Å². The Morgan fingerprint density at radius 2 is 2.00 bits per heavy atom. The zero-order valence-electron chi connectivity index (χ0n) is 12.2. The van der Waals surface area contributed by atoms with Crippen LogP contribution in [0.3, 0.4) is 0 Å². The maximum absolute atomic E-state index is 12.4. The van der Waals surface area contributed by atoms with Gasteiger partial charge >= 0.3 is 10.2 Å². The van der Waals surface area contributed by atoms with Gasteiger partial charge in [-0.2, -0.15) is 13.1 Å². The monoisotopic (exact) mass is 294 g/mol. The first-order valence-electron chi connectivity index (χ1n) is 6.52. The van der Waals surface area contributed by atoms with Gasteiger partial charge in [-0.25, -0.2) is 0 Å². The van der Waals surface area contributed by atoms with Crippen molar-refractivity contribution < 1.29 is 8.42 Å². The topological polar surface area (TPSA) is 49.4 Å². The van der Waals surface area contributed by atoms with Crippen molar-refractivity contribution in [1.82, 2.24) is 4.72 Å². The molecule has 4 nitrogen and oxygen atoms in total. The number of benzene rings is 1. The normalized spacial score (nSPS) is 13.8.